The van der Waals surface area contributed by atoms with Crippen LogP contribution in [0.3, 0.4) is 0 Å². The summed E-state index contributed by atoms with van der Waals surface area (Å²) in [5.41, 5.74) is 3.77. The van der Waals surface area contributed by atoms with Crippen molar-refractivity contribution in [1.82, 2.24) is 0 Å². The predicted octanol–water partition coefficient (Wildman–Crippen LogP) is 4.47. The SMILES string of the molecule is COc1c2occc2c(CNc2ccc(C)cc2)c2ccc(=O)oc12. The number of fused-ring (bicyclic) bond motifs is 2. The summed E-state index contributed by atoms with van der Waals surface area (Å²) in [7, 11) is 1.54. The lowest BCUT2D eigenvalue weighted by atomic mass is 10.0. The molecule has 0 unspecified atom stereocenters. The number of rotatable bonds is 4. The van der Waals surface area contributed by atoms with Crippen molar-refractivity contribution in [3.05, 3.63) is 70.3 Å². The quantitative estimate of drug-likeness (QED) is 0.558. The molecule has 4 rings (SSSR count). The van der Waals surface area contributed by atoms with Crippen molar-refractivity contribution in [1.29, 1.82) is 0 Å². The molecule has 0 aliphatic carbocycles. The molecule has 0 spiro atoms. The van der Waals surface area contributed by atoms with Crippen LogP contribution in [0, 0.1) is 6.92 Å². The Morgan fingerprint density at radius 1 is 1.00 bits per heavy atom. The lowest BCUT2D eigenvalue weighted by Crippen LogP contribution is -2.04. The van der Waals surface area contributed by atoms with Gasteiger partial charge in [-0.1, -0.05) is 17.7 Å². The highest BCUT2D eigenvalue weighted by atomic mass is 16.5. The Labute approximate surface area is 143 Å². The molecule has 5 nitrogen and oxygen atoms in total. The van der Waals surface area contributed by atoms with Gasteiger partial charge in [0, 0.05) is 29.1 Å². The Morgan fingerprint density at radius 3 is 2.52 bits per heavy atom. The Kier molecular flexibility index (Phi) is 3.69. The third-order valence-electron chi connectivity index (χ3n) is 4.29. The molecular weight excluding hydrogens is 318 g/mol. The largest absolute Gasteiger partial charge is 0.490 e. The highest BCUT2D eigenvalue weighted by molar-refractivity contribution is 6.03. The molecule has 0 saturated heterocycles. The van der Waals surface area contributed by atoms with Crippen LogP contribution in [0.1, 0.15) is 11.1 Å². The maximum absolute atomic E-state index is 11.7. The summed E-state index contributed by atoms with van der Waals surface area (Å²) < 4.78 is 16.4. The van der Waals surface area contributed by atoms with Gasteiger partial charge in [0.2, 0.25) is 5.75 Å². The number of nitrogens with one attached hydrogen (secondary N) is 1. The van der Waals surface area contributed by atoms with Gasteiger partial charge in [-0.05, 0) is 36.8 Å². The number of methoxy groups -OCH3 is 1. The number of benzene rings is 2. The van der Waals surface area contributed by atoms with E-state index in [1.165, 1.54) is 18.7 Å². The molecule has 2 aromatic carbocycles. The fourth-order valence-electron chi connectivity index (χ4n) is 3.03. The summed E-state index contributed by atoms with van der Waals surface area (Å²) >= 11 is 0. The normalized spacial score (nSPS) is 11.1. The summed E-state index contributed by atoms with van der Waals surface area (Å²) in [5.74, 6) is 0.437. The highest BCUT2D eigenvalue weighted by Gasteiger charge is 2.19. The van der Waals surface area contributed by atoms with Crippen molar-refractivity contribution in [2.75, 3.05) is 12.4 Å². The van der Waals surface area contributed by atoms with Gasteiger partial charge in [0.05, 0.1) is 13.4 Å². The standard InChI is InChI=1S/C20H17NO4/c1-12-3-5-13(6-4-12)21-11-16-14-7-8-17(22)25-19(14)20(23-2)18-15(16)9-10-24-18/h3-10,21H,11H2,1-2H3. The Morgan fingerprint density at radius 2 is 1.76 bits per heavy atom. The Bertz CT molecular complexity index is 1110. The van der Waals surface area contributed by atoms with Crippen molar-refractivity contribution in [3.8, 4) is 5.75 Å². The van der Waals surface area contributed by atoms with Gasteiger partial charge >= 0.3 is 5.63 Å². The molecule has 0 fully saturated rings. The third-order valence-corrected chi connectivity index (χ3v) is 4.29. The molecule has 5 heteroatoms. The van der Waals surface area contributed by atoms with Gasteiger partial charge in [-0.25, -0.2) is 4.79 Å². The maximum Gasteiger partial charge on any atom is 0.336 e. The number of ether oxygens (including phenoxy) is 1. The molecule has 2 heterocycles. The predicted molar refractivity (Wildman–Crippen MR) is 97.3 cm³/mol. The molecule has 25 heavy (non-hydrogen) atoms. The van der Waals surface area contributed by atoms with Crippen LogP contribution in [0.25, 0.3) is 21.9 Å². The zero-order chi connectivity index (χ0) is 17.4. The van der Waals surface area contributed by atoms with E-state index in [9.17, 15) is 4.79 Å². The minimum Gasteiger partial charge on any atom is -0.490 e. The van der Waals surface area contributed by atoms with Crippen LogP contribution >= 0.6 is 0 Å². The average molecular weight is 335 g/mol. The summed E-state index contributed by atoms with van der Waals surface area (Å²) in [6, 6.07) is 13.3. The first kappa shape index (κ1) is 15.3. The first-order valence-electron chi connectivity index (χ1n) is 7.98. The average Bonchev–Trinajstić information content (AvgIpc) is 3.09. The van der Waals surface area contributed by atoms with Gasteiger partial charge in [-0.3, -0.25) is 0 Å². The fourth-order valence-corrected chi connectivity index (χ4v) is 3.03. The molecule has 0 aliphatic rings. The second-order valence-electron chi connectivity index (χ2n) is 5.89. The van der Waals surface area contributed by atoms with E-state index >= 15 is 0 Å². The first-order valence-corrected chi connectivity index (χ1v) is 7.98. The Hall–Kier alpha value is -3.21. The zero-order valence-electron chi connectivity index (χ0n) is 14.0. The third kappa shape index (κ3) is 2.63. The lowest BCUT2D eigenvalue weighted by molar-refractivity contribution is 0.402. The molecule has 0 saturated carbocycles. The molecule has 126 valence electrons. The molecule has 0 bridgehead atoms. The van der Waals surface area contributed by atoms with E-state index in [0.717, 1.165) is 22.0 Å². The first-order chi connectivity index (χ1) is 12.2. The molecule has 1 N–H and O–H groups in total. The van der Waals surface area contributed by atoms with Crippen LogP contribution in [0.5, 0.6) is 5.75 Å². The minimum atomic E-state index is -0.422. The van der Waals surface area contributed by atoms with Crippen LogP contribution in [-0.2, 0) is 6.54 Å². The van der Waals surface area contributed by atoms with Crippen molar-refractivity contribution < 1.29 is 13.6 Å². The monoisotopic (exact) mass is 335 g/mol. The van der Waals surface area contributed by atoms with E-state index in [0.29, 0.717) is 23.5 Å². The van der Waals surface area contributed by atoms with E-state index < -0.39 is 5.63 Å². The van der Waals surface area contributed by atoms with E-state index in [2.05, 4.69) is 24.4 Å². The molecule has 0 radical (unpaired) electrons. The van der Waals surface area contributed by atoms with Crippen molar-refractivity contribution in [2.45, 2.75) is 13.5 Å². The fraction of sp³-hybridized carbons (Fsp3) is 0.150. The molecule has 4 aromatic rings. The summed E-state index contributed by atoms with van der Waals surface area (Å²) in [6.45, 7) is 2.62. The number of hydrogen-bond donors (Lipinski definition) is 1. The van der Waals surface area contributed by atoms with Crippen LogP contribution < -0.4 is 15.7 Å². The lowest BCUT2D eigenvalue weighted by Gasteiger charge is -2.13. The van der Waals surface area contributed by atoms with Crippen LogP contribution in [0.15, 0.2) is 62.4 Å². The van der Waals surface area contributed by atoms with Crippen LogP contribution in [0.4, 0.5) is 5.69 Å². The van der Waals surface area contributed by atoms with Crippen LogP contribution in [0.2, 0.25) is 0 Å². The minimum absolute atomic E-state index is 0.401. The van der Waals surface area contributed by atoms with Gasteiger partial charge in [-0.15, -0.1) is 0 Å². The smallest absolute Gasteiger partial charge is 0.336 e. The number of aryl methyl sites for hydroxylation is 1. The van der Waals surface area contributed by atoms with E-state index in [4.69, 9.17) is 13.6 Å². The van der Waals surface area contributed by atoms with Crippen molar-refractivity contribution in [3.63, 3.8) is 0 Å². The van der Waals surface area contributed by atoms with Gasteiger partial charge in [0.1, 0.15) is 0 Å². The molecule has 0 atom stereocenters. The van der Waals surface area contributed by atoms with Gasteiger partial charge in [-0.2, -0.15) is 0 Å². The summed E-state index contributed by atoms with van der Waals surface area (Å²) in [6.07, 6.45) is 1.61. The van der Waals surface area contributed by atoms with Gasteiger partial charge < -0.3 is 18.9 Å². The maximum atomic E-state index is 11.7. The number of hydrogen-bond acceptors (Lipinski definition) is 5. The Balaban J connectivity index is 1.87. The van der Waals surface area contributed by atoms with Crippen LogP contribution in [-0.4, -0.2) is 7.11 Å². The summed E-state index contributed by atoms with van der Waals surface area (Å²) in [4.78, 5) is 11.7. The molecule has 0 amide bonds. The topological polar surface area (TPSA) is 64.6 Å². The number of anilines is 1. The van der Waals surface area contributed by atoms with E-state index in [1.807, 2.05) is 18.2 Å². The van der Waals surface area contributed by atoms with Crippen molar-refractivity contribution in [2.24, 2.45) is 0 Å². The summed E-state index contributed by atoms with van der Waals surface area (Å²) in [5, 5.41) is 5.16. The highest BCUT2D eigenvalue weighted by Crippen LogP contribution is 2.38. The van der Waals surface area contributed by atoms with Crippen molar-refractivity contribution >= 4 is 27.6 Å². The number of furan rings is 1. The van der Waals surface area contributed by atoms with Gasteiger partial charge in [0.25, 0.3) is 0 Å². The second-order valence-corrected chi connectivity index (χ2v) is 5.89. The van der Waals surface area contributed by atoms with E-state index in [1.54, 1.807) is 12.3 Å². The molecular formula is C20H17NO4. The van der Waals surface area contributed by atoms with E-state index in [-0.39, 0.29) is 0 Å². The zero-order valence-corrected chi connectivity index (χ0v) is 14.0. The molecule has 2 aromatic heterocycles. The molecule has 0 aliphatic heterocycles. The second kappa shape index (κ2) is 6.02. The van der Waals surface area contributed by atoms with Gasteiger partial charge in [0.15, 0.2) is 11.2 Å².